The van der Waals surface area contributed by atoms with Crippen LogP contribution in [0.5, 0.6) is 11.5 Å². The van der Waals surface area contributed by atoms with Gasteiger partial charge in [0.15, 0.2) is 11.5 Å². The van der Waals surface area contributed by atoms with Crippen molar-refractivity contribution in [3.8, 4) is 11.5 Å². The summed E-state index contributed by atoms with van der Waals surface area (Å²) in [4.78, 5) is 0. The Balaban J connectivity index is 2.25. The monoisotopic (exact) mass is 349 g/mol. The average Bonchev–Trinajstić information content (AvgIpc) is 2.61. The number of anilines is 1. The van der Waals surface area contributed by atoms with Gasteiger partial charge in [0.1, 0.15) is 0 Å². The maximum Gasteiger partial charge on any atom is 0.163 e. The Labute approximate surface area is 155 Å². The van der Waals surface area contributed by atoms with E-state index in [0.29, 0.717) is 0 Å². The van der Waals surface area contributed by atoms with E-state index < -0.39 is 0 Å². The van der Waals surface area contributed by atoms with Gasteiger partial charge in [-0.2, -0.15) is 0 Å². The smallest absolute Gasteiger partial charge is 0.163 e. The van der Waals surface area contributed by atoms with Crippen molar-refractivity contribution in [2.24, 2.45) is 0 Å². The van der Waals surface area contributed by atoms with Gasteiger partial charge in [-0.15, -0.1) is 0 Å². The van der Waals surface area contributed by atoms with Gasteiger partial charge >= 0.3 is 0 Å². The maximum atomic E-state index is 5.93. The number of benzene rings is 1. The van der Waals surface area contributed by atoms with Crippen LogP contribution in [0.25, 0.3) is 0 Å². The summed E-state index contributed by atoms with van der Waals surface area (Å²) in [7, 11) is 0. The van der Waals surface area contributed by atoms with Crippen molar-refractivity contribution in [3.05, 3.63) is 18.2 Å². The first-order chi connectivity index (χ1) is 12.3. The van der Waals surface area contributed by atoms with Crippen molar-refractivity contribution in [2.75, 3.05) is 18.9 Å². The zero-order valence-corrected chi connectivity index (χ0v) is 16.5. The number of nitrogens with two attached hydrogens (primary N) is 1. The molecule has 3 heteroatoms. The second-order valence-electron chi connectivity index (χ2n) is 6.94. The van der Waals surface area contributed by atoms with Gasteiger partial charge in [-0.1, -0.05) is 78.1 Å². The van der Waals surface area contributed by atoms with E-state index in [4.69, 9.17) is 15.2 Å². The molecule has 0 fully saturated rings. The Kier molecular flexibility index (Phi) is 12.9. The largest absolute Gasteiger partial charge is 0.490 e. The van der Waals surface area contributed by atoms with Crippen LogP contribution in [0.2, 0.25) is 0 Å². The highest BCUT2D eigenvalue weighted by Gasteiger charge is 2.06. The molecule has 0 heterocycles. The van der Waals surface area contributed by atoms with Gasteiger partial charge in [0.2, 0.25) is 0 Å². The SMILES string of the molecule is CCCCCCCCOc1ccc(N)cc1OCCCCCCCC. The lowest BCUT2D eigenvalue weighted by atomic mass is 10.1. The molecular weight excluding hydrogens is 310 g/mol. The molecule has 0 radical (unpaired) electrons. The summed E-state index contributed by atoms with van der Waals surface area (Å²) in [6.45, 7) is 5.99. The van der Waals surface area contributed by atoms with Crippen molar-refractivity contribution in [3.63, 3.8) is 0 Å². The summed E-state index contributed by atoms with van der Waals surface area (Å²) in [5.41, 5.74) is 6.63. The van der Waals surface area contributed by atoms with Gasteiger partial charge in [-0.25, -0.2) is 0 Å². The fraction of sp³-hybridized carbons (Fsp3) is 0.727. The molecule has 3 nitrogen and oxygen atoms in total. The van der Waals surface area contributed by atoms with Crippen LogP contribution >= 0.6 is 0 Å². The van der Waals surface area contributed by atoms with Crippen molar-refractivity contribution in [2.45, 2.75) is 90.9 Å². The summed E-state index contributed by atoms with van der Waals surface area (Å²) < 4.78 is 11.9. The normalized spacial score (nSPS) is 10.8. The standard InChI is InChI=1S/C22H39NO2/c1-3-5-7-9-11-13-17-24-21-16-15-20(23)19-22(21)25-18-14-12-10-8-6-4-2/h15-16,19H,3-14,17-18,23H2,1-2H3. The fourth-order valence-electron chi connectivity index (χ4n) is 2.89. The number of hydrogen-bond donors (Lipinski definition) is 1. The zero-order chi connectivity index (χ0) is 18.2. The van der Waals surface area contributed by atoms with Gasteiger partial charge < -0.3 is 15.2 Å². The van der Waals surface area contributed by atoms with E-state index in [-0.39, 0.29) is 0 Å². The Bertz CT molecular complexity index is 434. The molecule has 0 spiro atoms. The van der Waals surface area contributed by atoms with Crippen molar-refractivity contribution < 1.29 is 9.47 Å². The molecule has 1 aromatic rings. The molecule has 1 rings (SSSR count). The molecule has 0 saturated carbocycles. The highest BCUT2D eigenvalue weighted by Crippen LogP contribution is 2.30. The zero-order valence-electron chi connectivity index (χ0n) is 16.5. The van der Waals surface area contributed by atoms with Crippen LogP contribution in [0.4, 0.5) is 5.69 Å². The number of unbranched alkanes of at least 4 members (excludes halogenated alkanes) is 10. The second-order valence-corrected chi connectivity index (χ2v) is 6.94. The molecule has 0 amide bonds. The molecule has 25 heavy (non-hydrogen) atoms. The maximum absolute atomic E-state index is 5.93. The van der Waals surface area contributed by atoms with Crippen molar-refractivity contribution in [1.29, 1.82) is 0 Å². The molecule has 0 aliphatic carbocycles. The summed E-state index contributed by atoms with van der Waals surface area (Å²) >= 11 is 0. The van der Waals surface area contributed by atoms with Crippen LogP contribution in [0, 0.1) is 0 Å². The van der Waals surface area contributed by atoms with Gasteiger partial charge in [0.25, 0.3) is 0 Å². The predicted molar refractivity (Wildman–Crippen MR) is 109 cm³/mol. The van der Waals surface area contributed by atoms with E-state index in [9.17, 15) is 0 Å². The van der Waals surface area contributed by atoms with Crippen LogP contribution < -0.4 is 15.2 Å². The Morgan fingerprint density at radius 2 is 1.12 bits per heavy atom. The topological polar surface area (TPSA) is 44.5 Å². The third-order valence-corrected chi connectivity index (χ3v) is 4.48. The van der Waals surface area contributed by atoms with Crippen LogP contribution in [-0.4, -0.2) is 13.2 Å². The van der Waals surface area contributed by atoms with Crippen molar-refractivity contribution >= 4 is 5.69 Å². The lowest BCUT2D eigenvalue weighted by molar-refractivity contribution is 0.258. The Morgan fingerprint density at radius 3 is 1.68 bits per heavy atom. The minimum atomic E-state index is 0.727. The predicted octanol–water partition coefficient (Wildman–Crippen LogP) is 6.75. The molecule has 144 valence electrons. The number of hydrogen-bond acceptors (Lipinski definition) is 3. The average molecular weight is 350 g/mol. The van der Waals surface area contributed by atoms with Crippen LogP contribution in [0.1, 0.15) is 90.9 Å². The van der Waals surface area contributed by atoms with Gasteiger partial charge in [0.05, 0.1) is 13.2 Å². The van der Waals surface area contributed by atoms with Gasteiger partial charge in [-0.3, -0.25) is 0 Å². The fourth-order valence-corrected chi connectivity index (χ4v) is 2.89. The summed E-state index contributed by atoms with van der Waals surface area (Å²) in [6.07, 6.45) is 15.2. The van der Waals surface area contributed by atoms with E-state index in [2.05, 4.69) is 13.8 Å². The van der Waals surface area contributed by atoms with Crippen LogP contribution in [0.15, 0.2) is 18.2 Å². The third-order valence-electron chi connectivity index (χ3n) is 4.48. The van der Waals surface area contributed by atoms with E-state index in [1.807, 2.05) is 18.2 Å². The first-order valence-corrected chi connectivity index (χ1v) is 10.4. The quantitative estimate of drug-likeness (QED) is 0.265. The van der Waals surface area contributed by atoms with Crippen LogP contribution in [-0.2, 0) is 0 Å². The first kappa shape index (κ1) is 21.7. The molecule has 2 N–H and O–H groups in total. The summed E-state index contributed by atoms with van der Waals surface area (Å²) in [6, 6.07) is 5.70. The van der Waals surface area contributed by atoms with Crippen LogP contribution in [0.3, 0.4) is 0 Å². The summed E-state index contributed by atoms with van der Waals surface area (Å²) in [5.74, 6) is 1.62. The Hall–Kier alpha value is -1.38. The lowest BCUT2D eigenvalue weighted by Gasteiger charge is -2.13. The molecule has 0 bridgehead atoms. The van der Waals surface area contributed by atoms with Crippen molar-refractivity contribution in [1.82, 2.24) is 0 Å². The highest BCUT2D eigenvalue weighted by atomic mass is 16.5. The molecule has 1 aromatic carbocycles. The highest BCUT2D eigenvalue weighted by molar-refractivity contribution is 5.51. The minimum absolute atomic E-state index is 0.727. The van der Waals surface area contributed by atoms with Gasteiger partial charge in [0, 0.05) is 11.8 Å². The molecule has 0 unspecified atom stereocenters. The molecule has 0 aromatic heterocycles. The third kappa shape index (κ3) is 11.0. The molecule has 0 saturated heterocycles. The number of ether oxygens (including phenoxy) is 2. The van der Waals surface area contributed by atoms with Gasteiger partial charge in [-0.05, 0) is 25.0 Å². The molecule has 0 aliphatic rings. The minimum Gasteiger partial charge on any atom is -0.490 e. The van der Waals surface area contributed by atoms with E-state index in [1.165, 1.54) is 64.2 Å². The second kappa shape index (κ2) is 14.9. The molecular formula is C22H39NO2. The lowest BCUT2D eigenvalue weighted by Crippen LogP contribution is -2.03. The molecule has 0 atom stereocenters. The van der Waals surface area contributed by atoms with E-state index in [0.717, 1.165) is 43.2 Å². The van der Waals surface area contributed by atoms with E-state index >= 15 is 0 Å². The summed E-state index contributed by atoms with van der Waals surface area (Å²) in [5, 5.41) is 0. The van der Waals surface area contributed by atoms with E-state index in [1.54, 1.807) is 0 Å². The number of nitrogen functional groups attached to an aromatic ring is 1. The first-order valence-electron chi connectivity index (χ1n) is 10.4. The Morgan fingerprint density at radius 1 is 0.640 bits per heavy atom. The number of rotatable bonds is 16. The molecule has 0 aliphatic heterocycles.